The molecule has 0 spiro atoms. The molecule has 1 aliphatic rings. The van der Waals surface area contributed by atoms with Crippen molar-refractivity contribution in [3.05, 3.63) is 28.8 Å². The molecule has 7 nitrogen and oxygen atoms in total. The molecule has 0 saturated carbocycles. The van der Waals surface area contributed by atoms with E-state index in [2.05, 4.69) is 37.4 Å². The zero-order chi connectivity index (χ0) is 14.1. The maximum Gasteiger partial charge on any atom is 0.0894 e. The van der Waals surface area contributed by atoms with Crippen molar-refractivity contribution < 1.29 is 4.74 Å². The number of hydrogen-bond donors (Lipinski definition) is 2. The molecule has 0 unspecified atom stereocenters. The molecule has 2 aromatic heterocycles. The van der Waals surface area contributed by atoms with Crippen molar-refractivity contribution in [1.82, 2.24) is 30.5 Å². The monoisotopic (exact) mass is 276 g/mol. The third kappa shape index (κ3) is 2.34. The number of ether oxygens (including phenoxy) is 1. The van der Waals surface area contributed by atoms with Crippen LogP contribution in [0.2, 0.25) is 0 Å². The maximum atomic E-state index is 5.61. The van der Waals surface area contributed by atoms with Gasteiger partial charge in [-0.05, 0) is 13.8 Å². The second-order valence-corrected chi connectivity index (χ2v) is 5.38. The number of hydrogen-bond acceptors (Lipinski definition) is 5. The molecule has 3 rings (SSSR count). The molecule has 1 saturated heterocycles. The van der Waals surface area contributed by atoms with Crippen LogP contribution in [-0.2, 0) is 11.3 Å². The largest absolute Gasteiger partial charge is 0.379 e. The Kier molecular flexibility index (Phi) is 3.54. The summed E-state index contributed by atoms with van der Waals surface area (Å²) >= 11 is 0. The van der Waals surface area contributed by atoms with Gasteiger partial charge in [-0.15, -0.1) is 0 Å². The summed E-state index contributed by atoms with van der Waals surface area (Å²) in [6.45, 7) is 6.82. The van der Waals surface area contributed by atoms with Crippen molar-refractivity contribution in [1.29, 1.82) is 0 Å². The van der Waals surface area contributed by atoms with Crippen LogP contribution in [0.4, 0.5) is 0 Å². The molecule has 0 aromatic carbocycles. The molecule has 0 aliphatic carbocycles. The lowest BCUT2D eigenvalue weighted by atomic mass is 10.0. The predicted octanol–water partition coefficient (Wildman–Crippen LogP) is 0.759. The summed E-state index contributed by atoms with van der Waals surface area (Å²) in [6.07, 6.45) is 1.95. The predicted molar refractivity (Wildman–Crippen MR) is 73.3 cm³/mol. The highest BCUT2D eigenvalue weighted by molar-refractivity contribution is 5.23. The Hall–Kier alpha value is -1.73. The summed E-state index contributed by atoms with van der Waals surface area (Å²) in [5.74, 6) is 0.270. The molecule has 1 aliphatic heterocycles. The fourth-order valence-electron chi connectivity index (χ4n) is 2.92. The van der Waals surface area contributed by atoms with E-state index in [1.54, 1.807) is 13.3 Å². The third-order valence-electron chi connectivity index (χ3n) is 4.12. The quantitative estimate of drug-likeness (QED) is 0.861. The summed E-state index contributed by atoms with van der Waals surface area (Å²) in [5, 5.41) is 18.1. The van der Waals surface area contributed by atoms with Crippen molar-refractivity contribution in [3.8, 4) is 0 Å². The zero-order valence-corrected chi connectivity index (χ0v) is 12.1. The molecule has 7 heteroatoms. The number of likely N-dealkylation sites (tertiary alicyclic amines) is 1. The Morgan fingerprint density at radius 3 is 2.80 bits per heavy atom. The van der Waals surface area contributed by atoms with E-state index in [9.17, 15) is 0 Å². The van der Waals surface area contributed by atoms with Crippen LogP contribution in [0, 0.1) is 13.8 Å². The minimum atomic E-state index is 0.160. The van der Waals surface area contributed by atoms with Crippen LogP contribution >= 0.6 is 0 Å². The van der Waals surface area contributed by atoms with E-state index in [4.69, 9.17) is 4.74 Å². The molecule has 0 radical (unpaired) electrons. The lowest BCUT2D eigenvalue weighted by Gasteiger charge is -2.15. The van der Waals surface area contributed by atoms with Gasteiger partial charge in [-0.3, -0.25) is 10.00 Å². The molecule has 20 heavy (non-hydrogen) atoms. The van der Waals surface area contributed by atoms with Crippen LogP contribution in [0.5, 0.6) is 0 Å². The number of aromatic nitrogens is 5. The molecule has 108 valence electrons. The Bertz CT molecular complexity index is 544. The SMILES string of the molecule is CO[C@@H]1CN(Cc2c(C)n[nH]c2C)C[C@H]1c1cn[nH]n1. The van der Waals surface area contributed by atoms with E-state index >= 15 is 0 Å². The Morgan fingerprint density at radius 1 is 1.35 bits per heavy atom. The van der Waals surface area contributed by atoms with Gasteiger partial charge in [0.25, 0.3) is 0 Å². The van der Waals surface area contributed by atoms with Crippen molar-refractivity contribution in [2.24, 2.45) is 0 Å². The lowest BCUT2D eigenvalue weighted by Crippen LogP contribution is -2.23. The van der Waals surface area contributed by atoms with Gasteiger partial charge in [-0.25, -0.2) is 0 Å². The van der Waals surface area contributed by atoms with Crippen molar-refractivity contribution in [2.45, 2.75) is 32.4 Å². The number of methoxy groups -OCH3 is 1. The van der Waals surface area contributed by atoms with Crippen molar-refractivity contribution in [3.63, 3.8) is 0 Å². The number of nitrogens with one attached hydrogen (secondary N) is 2. The molecule has 1 fully saturated rings. The van der Waals surface area contributed by atoms with Gasteiger partial charge in [0, 0.05) is 43.9 Å². The van der Waals surface area contributed by atoms with Gasteiger partial charge in [0.15, 0.2) is 0 Å². The van der Waals surface area contributed by atoms with E-state index in [-0.39, 0.29) is 12.0 Å². The Balaban J connectivity index is 1.74. The first kappa shape index (κ1) is 13.3. The molecule has 0 bridgehead atoms. The van der Waals surface area contributed by atoms with Crippen LogP contribution in [0.25, 0.3) is 0 Å². The van der Waals surface area contributed by atoms with Crippen LogP contribution in [0.15, 0.2) is 6.20 Å². The molecular formula is C13H20N6O. The van der Waals surface area contributed by atoms with Crippen molar-refractivity contribution >= 4 is 0 Å². The van der Waals surface area contributed by atoms with Gasteiger partial charge in [-0.2, -0.15) is 20.5 Å². The Labute approximate surface area is 117 Å². The standard InChI is InChI=1S/C13H20N6O/c1-8-10(9(2)16-15-8)5-19-6-11(13(7-19)20-3)12-4-14-18-17-12/h4,11,13H,5-7H2,1-3H3,(H,15,16)(H,14,17,18)/t11-,13+/m0/s1. The minimum Gasteiger partial charge on any atom is -0.379 e. The smallest absolute Gasteiger partial charge is 0.0894 e. The molecule has 2 atom stereocenters. The molecule has 3 heterocycles. The molecule has 2 aromatic rings. The van der Waals surface area contributed by atoms with Gasteiger partial charge in [0.05, 0.1) is 23.7 Å². The zero-order valence-electron chi connectivity index (χ0n) is 12.1. The summed E-state index contributed by atoms with van der Waals surface area (Å²) < 4.78 is 5.61. The number of nitrogens with zero attached hydrogens (tertiary/aromatic N) is 4. The summed E-state index contributed by atoms with van der Waals surface area (Å²) in [5.41, 5.74) is 4.46. The van der Waals surface area contributed by atoms with Crippen LogP contribution < -0.4 is 0 Å². The van der Waals surface area contributed by atoms with Gasteiger partial charge in [-0.1, -0.05) is 0 Å². The highest BCUT2D eigenvalue weighted by atomic mass is 16.5. The van der Waals surface area contributed by atoms with E-state index in [0.717, 1.165) is 36.7 Å². The lowest BCUT2D eigenvalue weighted by molar-refractivity contribution is 0.0957. The maximum absolute atomic E-state index is 5.61. The molecule has 0 amide bonds. The number of rotatable bonds is 4. The average Bonchev–Trinajstić information content (AvgIpc) is 3.14. The molecular weight excluding hydrogens is 256 g/mol. The van der Waals surface area contributed by atoms with Crippen molar-refractivity contribution in [2.75, 3.05) is 20.2 Å². The number of aryl methyl sites for hydroxylation is 2. The second kappa shape index (κ2) is 5.34. The summed E-state index contributed by atoms with van der Waals surface area (Å²) in [7, 11) is 1.76. The molecule has 2 N–H and O–H groups in total. The first-order valence-corrected chi connectivity index (χ1v) is 6.80. The first-order chi connectivity index (χ1) is 9.69. The fourth-order valence-corrected chi connectivity index (χ4v) is 2.92. The van der Waals surface area contributed by atoms with E-state index in [1.165, 1.54) is 5.56 Å². The van der Waals surface area contributed by atoms with Crippen LogP contribution in [0.1, 0.15) is 28.6 Å². The highest BCUT2D eigenvalue weighted by Gasteiger charge is 2.35. The number of H-pyrrole nitrogens is 2. The first-order valence-electron chi connectivity index (χ1n) is 6.80. The van der Waals surface area contributed by atoms with Gasteiger partial charge in [0.1, 0.15) is 0 Å². The van der Waals surface area contributed by atoms with E-state index in [0.29, 0.717) is 0 Å². The van der Waals surface area contributed by atoms with Crippen LogP contribution in [0.3, 0.4) is 0 Å². The van der Waals surface area contributed by atoms with Gasteiger partial charge >= 0.3 is 0 Å². The third-order valence-corrected chi connectivity index (χ3v) is 4.12. The normalized spacial score (nSPS) is 23.6. The average molecular weight is 276 g/mol. The van der Waals surface area contributed by atoms with E-state index < -0.39 is 0 Å². The Morgan fingerprint density at radius 2 is 2.20 bits per heavy atom. The van der Waals surface area contributed by atoms with Crippen LogP contribution in [-0.4, -0.2) is 56.8 Å². The second-order valence-electron chi connectivity index (χ2n) is 5.38. The summed E-state index contributed by atoms with van der Waals surface area (Å²) in [6, 6.07) is 0. The number of aromatic amines is 2. The summed E-state index contributed by atoms with van der Waals surface area (Å²) in [4.78, 5) is 2.39. The highest BCUT2D eigenvalue weighted by Crippen LogP contribution is 2.29. The minimum absolute atomic E-state index is 0.160. The van der Waals surface area contributed by atoms with E-state index in [1.807, 2.05) is 6.92 Å². The van der Waals surface area contributed by atoms with Gasteiger partial charge in [0.2, 0.25) is 0 Å². The topological polar surface area (TPSA) is 82.7 Å². The van der Waals surface area contributed by atoms with Gasteiger partial charge < -0.3 is 4.74 Å². The fraction of sp³-hybridized carbons (Fsp3) is 0.615.